The molecule has 2 aromatic carbocycles. The van der Waals surface area contributed by atoms with Crippen LogP contribution in [-0.2, 0) is 14.3 Å². The molecule has 0 aliphatic heterocycles. The van der Waals surface area contributed by atoms with Gasteiger partial charge in [0.1, 0.15) is 5.75 Å². The highest BCUT2D eigenvalue weighted by Gasteiger charge is 2.22. The van der Waals surface area contributed by atoms with Gasteiger partial charge in [-0.25, -0.2) is 9.59 Å². The molecular weight excluding hydrogens is 374 g/mol. The third-order valence-corrected chi connectivity index (χ3v) is 4.50. The molecule has 0 bridgehead atoms. The Labute approximate surface area is 169 Å². The fourth-order valence-electron chi connectivity index (χ4n) is 2.75. The fourth-order valence-corrected chi connectivity index (χ4v) is 2.75. The third kappa shape index (κ3) is 5.01. The summed E-state index contributed by atoms with van der Waals surface area (Å²) in [5.74, 6) is -2.52. The number of phenolic OH excluding ortho intramolecular Hbond substituents is 1. The van der Waals surface area contributed by atoms with Gasteiger partial charge in [-0.15, -0.1) is 0 Å². The minimum atomic E-state index is -0.816. The fraction of sp³-hybridized carbons (Fsp3) is 0.227. The Kier molecular flexibility index (Phi) is 6.77. The molecule has 2 rings (SSSR count). The van der Waals surface area contributed by atoms with Crippen molar-refractivity contribution >= 4 is 29.6 Å². The topological polar surface area (TPSA) is 102 Å². The van der Waals surface area contributed by atoms with Crippen molar-refractivity contribution in [2.45, 2.75) is 20.8 Å². The summed E-state index contributed by atoms with van der Waals surface area (Å²) in [6, 6.07) is 6.23. The van der Waals surface area contributed by atoms with Crippen LogP contribution in [0.4, 0.5) is 5.69 Å². The number of esters is 2. The first-order chi connectivity index (χ1) is 13.7. The van der Waals surface area contributed by atoms with E-state index < -0.39 is 17.8 Å². The molecule has 0 aliphatic carbocycles. The predicted molar refractivity (Wildman–Crippen MR) is 109 cm³/mol. The summed E-state index contributed by atoms with van der Waals surface area (Å²) in [7, 11) is 2.30. The number of ether oxygens (including phenoxy) is 2. The largest absolute Gasteiger partial charge is 0.506 e. The number of benzene rings is 2. The van der Waals surface area contributed by atoms with Gasteiger partial charge in [0.2, 0.25) is 5.91 Å². The lowest BCUT2D eigenvalue weighted by Gasteiger charge is -2.11. The number of anilines is 1. The maximum Gasteiger partial charge on any atom is 0.338 e. The standard InChI is InChI=1S/C22H23NO6/c1-12-8-14(3)15(9-13(12)2)6-7-20(25)23-18-10-16(21(26)28-4)17(11-19(18)24)22(27)29-5/h6-11,24H,1-5H3,(H,23,25)/b7-6+. The van der Waals surface area contributed by atoms with E-state index in [-0.39, 0.29) is 22.6 Å². The van der Waals surface area contributed by atoms with Crippen molar-refractivity contribution in [2.75, 3.05) is 19.5 Å². The van der Waals surface area contributed by atoms with Crippen molar-refractivity contribution in [1.29, 1.82) is 0 Å². The highest BCUT2D eigenvalue weighted by molar-refractivity contribution is 6.07. The maximum atomic E-state index is 12.3. The molecule has 1 amide bonds. The highest BCUT2D eigenvalue weighted by atomic mass is 16.5. The van der Waals surface area contributed by atoms with E-state index in [1.807, 2.05) is 32.9 Å². The lowest BCUT2D eigenvalue weighted by atomic mass is 10.0. The molecule has 0 atom stereocenters. The number of aromatic hydroxyl groups is 1. The summed E-state index contributed by atoms with van der Waals surface area (Å²) in [6.07, 6.45) is 2.99. The van der Waals surface area contributed by atoms with E-state index in [0.717, 1.165) is 42.5 Å². The number of nitrogens with one attached hydrogen (secondary N) is 1. The summed E-state index contributed by atoms with van der Waals surface area (Å²) >= 11 is 0. The molecule has 7 heteroatoms. The summed E-state index contributed by atoms with van der Waals surface area (Å²) in [4.78, 5) is 36.1. The van der Waals surface area contributed by atoms with Gasteiger partial charge in [-0.3, -0.25) is 4.79 Å². The quantitative estimate of drug-likeness (QED) is 0.455. The Morgan fingerprint density at radius 1 is 0.862 bits per heavy atom. The number of hydrogen-bond donors (Lipinski definition) is 2. The second kappa shape index (κ2) is 9.05. The lowest BCUT2D eigenvalue weighted by Crippen LogP contribution is -2.14. The van der Waals surface area contributed by atoms with Crippen LogP contribution in [-0.4, -0.2) is 37.2 Å². The molecule has 0 saturated heterocycles. The van der Waals surface area contributed by atoms with Crippen LogP contribution in [0.2, 0.25) is 0 Å². The Morgan fingerprint density at radius 2 is 1.41 bits per heavy atom. The second-order valence-electron chi connectivity index (χ2n) is 6.51. The smallest absolute Gasteiger partial charge is 0.338 e. The molecule has 29 heavy (non-hydrogen) atoms. The molecule has 0 fully saturated rings. The molecule has 7 nitrogen and oxygen atoms in total. The van der Waals surface area contributed by atoms with Gasteiger partial charge in [0.25, 0.3) is 0 Å². The molecular formula is C22H23NO6. The van der Waals surface area contributed by atoms with Gasteiger partial charge in [-0.05, 0) is 61.2 Å². The van der Waals surface area contributed by atoms with Gasteiger partial charge in [-0.2, -0.15) is 0 Å². The van der Waals surface area contributed by atoms with Gasteiger partial charge >= 0.3 is 11.9 Å². The van der Waals surface area contributed by atoms with Gasteiger partial charge in [-0.1, -0.05) is 12.1 Å². The van der Waals surface area contributed by atoms with E-state index in [9.17, 15) is 19.5 Å². The minimum Gasteiger partial charge on any atom is -0.506 e. The van der Waals surface area contributed by atoms with Crippen LogP contribution in [0.3, 0.4) is 0 Å². The number of amides is 1. The summed E-state index contributed by atoms with van der Waals surface area (Å²) < 4.78 is 9.26. The number of hydrogen-bond acceptors (Lipinski definition) is 6. The number of phenols is 1. The average Bonchev–Trinajstić information content (AvgIpc) is 2.69. The predicted octanol–water partition coefficient (Wildman–Crippen LogP) is 3.54. The summed E-state index contributed by atoms with van der Waals surface area (Å²) in [5, 5.41) is 12.7. The van der Waals surface area contributed by atoms with Gasteiger partial charge in [0, 0.05) is 6.08 Å². The zero-order valence-corrected chi connectivity index (χ0v) is 17.0. The average molecular weight is 397 g/mol. The maximum absolute atomic E-state index is 12.3. The van der Waals surface area contributed by atoms with E-state index in [2.05, 4.69) is 14.8 Å². The van der Waals surface area contributed by atoms with Gasteiger partial charge < -0.3 is 19.9 Å². The highest BCUT2D eigenvalue weighted by Crippen LogP contribution is 2.29. The number of aryl methyl sites for hydroxylation is 3. The Morgan fingerprint density at radius 3 is 2.00 bits per heavy atom. The Balaban J connectivity index is 2.31. The monoisotopic (exact) mass is 397 g/mol. The van der Waals surface area contributed by atoms with E-state index in [1.165, 1.54) is 12.1 Å². The molecule has 0 spiro atoms. The van der Waals surface area contributed by atoms with Crippen LogP contribution in [0.15, 0.2) is 30.3 Å². The van der Waals surface area contributed by atoms with E-state index in [4.69, 9.17) is 0 Å². The molecule has 0 heterocycles. The third-order valence-electron chi connectivity index (χ3n) is 4.50. The zero-order valence-electron chi connectivity index (χ0n) is 17.0. The number of carbonyl (C=O) groups excluding carboxylic acids is 3. The van der Waals surface area contributed by atoms with Crippen molar-refractivity contribution < 1.29 is 29.0 Å². The Bertz CT molecular complexity index is 1010. The van der Waals surface area contributed by atoms with Crippen LogP contribution in [0.1, 0.15) is 43.0 Å². The van der Waals surface area contributed by atoms with E-state index in [1.54, 1.807) is 6.08 Å². The second-order valence-corrected chi connectivity index (χ2v) is 6.51. The first-order valence-corrected chi connectivity index (χ1v) is 8.78. The number of methoxy groups -OCH3 is 2. The van der Waals surface area contributed by atoms with Crippen LogP contribution < -0.4 is 5.32 Å². The number of rotatable bonds is 5. The van der Waals surface area contributed by atoms with Crippen molar-refractivity contribution in [3.8, 4) is 5.75 Å². The molecule has 0 radical (unpaired) electrons. The van der Waals surface area contributed by atoms with Crippen LogP contribution >= 0.6 is 0 Å². The van der Waals surface area contributed by atoms with Crippen molar-refractivity contribution in [1.82, 2.24) is 0 Å². The van der Waals surface area contributed by atoms with Gasteiger partial charge in [0.05, 0.1) is 31.0 Å². The number of carbonyl (C=O) groups is 3. The lowest BCUT2D eigenvalue weighted by molar-refractivity contribution is -0.111. The summed E-state index contributed by atoms with van der Waals surface area (Å²) in [6.45, 7) is 5.95. The Hall–Kier alpha value is -3.61. The van der Waals surface area contributed by atoms with Crippen LogP contribution in [0, 0.1) is 20.8 Å². The normalized spacial score (nSPS) is 10.7. The minimum absolute atomic E-state index is 0.0375. The zero-order chi connectivity index (χ0) is 21.7. The van der Waals surface area contributed by atoms with Gasteiger partial charge in [0.15, 0.2) is 0 Å². The molecule has 0 saturated carbocycles. The summed E-state index contributed by atoms with van der Waals surface area (Å²) in [5.41, 5.74) is 3.84. The molecule has 152 valence electrons. The molecule has 0 aliphatic rings. The van der Waals surface area contributed by atoms with Crippen LogP contribution in [0.5, 0.6) is 5.75 Å². The van der Waals surface area contributed by atoms with Crippen molar-refractivity contribution in [3.63, 3.8) is 0 Å². The molecule has 2 N–H and O–H groups in total. The first kappa shape index (κ1) is 21.7. The molecule has 0 aromatic heterocycles. The van der Waals surface area contributed by atoms with E-state index >= 15 is 0 Å². The molecule has 2 aromatic rings. The molecule has 0 unspecified atom stereocenters. The van der Waals surface area contributed by atoms with Crippen molar-refractivity contribution in [3.05, 3.63) is 63.7 Å². The first-order valence-electron chi connectivity index (χ1n) is 8.78. The van der Waals surface area contributed by atoms with Crippen LogP contribution in [0.25, 0.3) is 6.08 Å². The SMILES string of the molecule is COC(=O)c1cc(O)c(NC(=O)/C=C/c2cc(C)c(C)cc2C)cc1C(=O)OC. The van der Waals surface area contributed by atoms with Crippen molar-refractivity contribution in [2.24, 2.45) is 0 Å². The van der Waals surface area contributed by atoms with E-state index in [0.29, 0.717) is 0 Å².